The fourth-order valence-corrected chi connectivity index (χ4v) is 4.45. The highest BCUT2D eigenvalue weighted by atomic mass is 16.3. The molecule has 29 heavy (non-hydrogen) atoms. The number of benzene rings is 1. The Kier molecular flexibility index (Phi) is 4.37. The van der Waals surface area contributed by atoms with Gasteiger partial charge < -0.3 is 19.8 Å². The van der Waals surface area contributed by atoms with Crippen molar-refractivity contribution < 1.29 is 10.2 Å². The Morgan fingerprint density at radius 3 is 2.97 bits per heavy atom. The third-order valence-electron chi connectivity index (χ3n) is 6.02. The molecular weight excluding hydrogens is 370 g/mol. The Labute approximate surface area is 165 Å². The lowest BCUT2D eigenvalue weighted by atomic mass is 9.95. The van der Waals surface area contributed by atoms with Gasteiger partial charge in [0.25, 0.3) is 5.56 Å². The fourth-order valence-electron chi connectivity index (χ4n) is 4.45. The van der Waals surface area contributed by atoms with Gasteiger partial charge in [0.05, 0.1) is 29.4 Å². The number of aryl methyl sites for hydroxylation is 1. The largest absolute Gasteiger partial charge is 0.390 e. The van der Waals surface area contributed by atoms with Crippen LogP contribution in [-0.4, -0.2) is 46.9 Å². The van der Waals surface area contributed by atoms with Gasteiger partial charge in [-0.2, -0.15) is 0 Å². The number of aliphatic hydroxyl groups is 2. The zero-order valence-electron chi connectivity index (χ0n) is 15.6. The highest BCUT2D eigenvalue weighted by Gasteiger charge is 2.42. The van der Waals surface area contributed by atoms with Crippen LogP contribution in [0.25, 0.3) is 21.9 Å². The topological polar surface area (TPSA) is 117 Å². The standard InChI is InChI=1S/C21H21N5O3/c27-18-13(3-1-12-2-4-15-16(7-12)23-11-25-21(15)29)8-17(19(18)28)26-6-5-14-9-22-10-24-20(14)26/h2,4-7,9-11,13,17-19,27-28H,1,3,8H2,(H,23,25,29)/t13-,17+,18+,19-/m0/s1. The van der Waals surface area contributed by atoms with Crippen LogP contribution in [0.4, 0.5) is 0 Å². The van der Waals surface area contributed by atoms with Crippen LogP contribution >= 0.6 is 0 Å². The molecule has 0 radical (unpaired) electrons. The highest BCUT2D eigenvalue weighted by Crippen LogP contribution is 2.39. The van der Waals surface area contributed by atoms with Crippen molar-refractivity contribution >= 4 is 21.9 Å². The van der Waals surface area contributed by atoms with Gasteiger partial charge in [-0.05, 0) is 48.9 Å². The molecule has 1 aliphatic rings. The summed E-state index contributed by atoms with van der Waals surface area (Å²) >= 11 is 0. The van der Waals surface area contributed by atoms with E-state index in [0.29, 0.717) is 17.3 Å². The first-order valence-corrected chi connectivity index (χ1v) is 9.71. The maximum absolute atomic E-state index is 11.8. The highest BCUT2D eigenvalue weighted by molar-refractivity contribution is 5.77. The summed E-state index contributed by atoms with van der Waals surface area (Å²) in [4.78, 5) is 27.0. The summed E-state index contributed by atoms with van der Waals surface area (Å²) in [6.07, 6.45) is 7.04. The van der Waals surface area contributed by atoms with Crippen molar-refractivity contribution in [3.63, 3.8) is 0 Å². The molecule has 0 unspecified atom stereocenters. The second-order valence-electron chi connectivity index (χ2n) is 7.69. The summed E-state index contributed by atoms with van der Waals surface area (Å²) in [6, 6.07) is 7.32. The van der Waals surface area contributed by atoms with E-state index in [1.165, 1.54) is 12.7 Å². The Morgan fingerprint density at radius 1 is 1.17 bits per heavy atom. The summed E-state index contributed by atoms with van der Waals surface area (Å²) in [6.45, 7) is 0. The molecule has 0 bridgehead atoms. The molecule has 1 aromatic carbocycles. The first-order valence-electron chi connectivity index (χ1n) is 9.71. The minimum atomic E-state index is -0.845. The maximum Gasteiger partial charge on any atom is 0.258 e. The minimum absolute atomic E-state index is 0.0304. The third kappa shape index (κ3) is 3.10. The van der Waals surface area contributed by atoms with E-state index in [9.17, 15) is 15.0 Å². The number of fused-ring (bicyclic) bond motifs is 2. The van der Waals surface area contributed by atoms with Gasteiger partial charge in [0, 0.05) is 17.8 Å². The number of hydrogen-bond donors (Lipinski definition) is 3. The van der Waals surface area contributed by atoms with Gasteiger partial charge in [0.1, 0.15) is 18.1 Å². The average molecular weight is 391 g/mol. The van der Waals surface area contributed by atoms with E-state index in [0.717, 1.165) is 29.4 Å². The normalized spacial score (nSPS) is 24.5. The van der Waals surface area contributed by atoms with Gasteiger partial charge in [-0.25, -0.2) is 15.0 Å². The summed E-state index contributed by atoms with van der Waals surface area (Å²) < 4.78 is 1.94. The molecular formula is C21H21N5O3. The zero-order valence-corrected chi connectivity index (χ0v) is 15.6. The average Bonchev–Trinajstić information content (AvgIpc) is 3.28. The predicted molar refractivity (Wildman–Crippen MR) is 107 cm³/mol. The first kappa shape index (κ1) is 18.0. The third-order valence-corrected chi connectivity index (χ3v) is 6.02. The van der Waals surface area contributed by atoms with Crippen LogP contribution in [0.5, 0.6) is 0 Å². The number of nitrogens with zero attached hydrogens (tertiary/aromatic N) is 4. The van der Waals surface area contributed by atoms with E-state index in [4.69, 9.17) is 0 Å². The zero-order chi connectivity index (χ0) is 20.0. The van der Waals surface area contributed by atoms with Gasteiger partial charge in [0.2, 0.25) is 0 Å². The number of hydrogen-bond acceptors (Lipinski definition) is 6. The smallest absolute Gasteiger partial charge is 0.258 e. The van der Waals surface area contributed by atoms with E-state index in [2.05, 4.69) is 19.9 Å². The van der Waals surface area contributed by atoms with Crippen molar-refractivity contribution in [3.05, 3.63) is 65.2 Å². The van der Waals surface area contributed by atoms with Gasteiger partial charge >= 0.3 is 0 Å². The molecule has 4 atom stereocenters. The van der Waals surface area contributed by atoms with Crippen LogP contribution in [0.3, 0.4) is 0 Å². The Hall–Kier alpha value is -3.10. The van der Waals surface area contributed by atoms with E-state index in [1.54, 1.807) is 12.3 Å². The first-order chi connectivity index (χ1) is 14.1. The Bertz CT molecular complexity index is 1230. The van der Waals surface area contributed by atoms with Gasteiger partial charge in [-0.3, -0.25) is 4.79 Å². The molecule has 8 heteroatoms. The van der Waals surface area contributed by atoms with E-state index >= 15 is 0 Å². The second kappa shape index (κ2) is 7.06. The molecule has 0 aliphatic heterocycles. The molecule has 3 heterocycles. The molecule has 8 nitrogen and oxygen atoms in total. The molecule has 5 rings (SSSR count). The molecule has 1 saturated carbocycles. The number of rotatable bonds is 4. The lowest BCUT2D eigenvalue weighted by Crippen LogP contribution is -2.29. The Balaban J connectivity index is 1.34. The number of aliphatic hydroxyl groups excluding tert-OH is 2. The quantitative estimate of drug-likeness (QED) is 0.486. The van der Waals surface area contributed by atoms with Crippen LogP contribution in [0.1, 0.15) is 24.4 Å². The fraction of sp³-hybridized carbons (Fsp3) is 0.333. The van der Waals surface area contributed by atoms with Crippen LogP contribution in [-0.2, 0) is 6.42 Å². The minimum Gasteiger partial charge on any atom is -0.390 e. The molecule has 4 aromatic rings. The SMILES string of the molecule is O=c1[nH]cnc2cc(CC[C@H]3C[C@@H](n4ccc5cncnc54)[C@H](O)[C@@H]3O)ccc12. The van der Waals surface area contributed by atoms with Crippen molar-refractivity contribution in [1.29, 1.82) is 0 Å². The molecule has 0 saturated heterocycles. The van der Waals surface area contributed by atoms with Crippen LogP contribution in [0, 0.1) is 5.92 Å². The molecule has 148 valence electrons. The summed E-state index contributed by atoms with van der Waals surface area (Å²) in [7, 11) is 0. The number of H-pyrrole nitrogens is 1. The second-order valence-corrected chi connectivity index (χ2v) is 7.69. The van der Waals surface area contributed by atoms with Crippen molar-refractivity contribution in [1.82, 2.24) is 24.5 Å². The van der Waals surface area contributed by atoms with Crippen molar-refractivity contribution in [3.8, 4) is 0 Å². The number of nitrogens with one attached hydrogen (secondary N) is 1. The molecule has 1 aliphatic carbocycles. The lowest BCUT2D eigenvalue weighted by molar-refractivity contribution is 0.00545. The molecule has 3 aromatic heterocycles. The number of aromatic amines is 1. The van der Waals surface area contributed by atoms with Crippen molar-refractivity contribution in [2.75, 3.05) is 0 Å². The molecule has 1 fully saturated rings. The van der Waals surface area contributed by atoms with E-state index in [-0.39, 0.29) is 17.5 Å². The van der Waals surface area contributed by atoms with Gasteiger partial charge in [0.15, 0.2) is 0 Å². The molecule has 0 spiro atoms. The van der Waals surface area contributed by atoms with E-state index in [1.807, 2.05) is 29.0 Å². The molecule has 0 amide bonds. The summed E-state index contributed by atoms with van der Waals surface area (Å²) in [5.74, 6) is -0.0304. The van der Waals surface area contributed by atoms with Crippen LogP contribution < -0.4 is 5.56 Å². The summed E-state index contributed by atoms with van der Waals surface area (Å²) in [5.41, 5.74) is 2.33. The van der Waals surface area contributed by atoms with Crippen molar-refractivity contribution in [2.45, 2.75) is 37.5 Å². The Morgan fingerprint density at radius 2 is 2.07 bits per heavy atom. The van der Waals surface area contributed by atoms with Crippen LogP contribution in [0.2, 0.25) is 0 Å². The molecule has 3 N–H and O–H groups in total. The lowest BCUT2D eigenvalue weighted by Gasteiger charge is -2.18. The predicted octanol–water partition coefficient (Wildman–Crippen LogP) is 1.58. The summed E-state index contributed by atoms with van der Waals surface area (Å²) in [5, 5.41) is 22.8. The van der Waals surface area contributed by atoms with E-state index < -0.39 is 12.2 Å². The van der Waals surface area contributed by atoms with Crippen LogP contribution in [0.15, 0.2) is 54.1 Å². The monoisotopic (exact) mass is 391 g/mol. The maximum atomic E-state index is 11.8. The van der Waals surface area contributed by atoms with Gasteiger partial charge in [-0.15, -0.1) is 0 Å². The number of aromatic nitrogens is 5. The van der Waals surface area contributed by atoms with Crippen molar-refractivity contribution in [2.24, 2.45) is 5.92 Å². The van der Waals surface area contributed by atoms with Gasteiger partial charge in [-0.1, -0.05) is 6.07 Å².